The number of ether oxygens (including phenoxy) is 2. The molecular formula is C15H21Cl2NO2. The van der Waals surface area contributed by atoms with Gasteiger partial charge >= 0.3 is 0 Å². The smallest absolute Gasteiger partial charge is 0.142 e. The van der Waals surface area contributed by atoms with Gasteiger partial charge in [-0.25, -0.2) is 0 Å². The van der Waals surface area contributed by atoms with Crippen LogP contribution in [0.3, 0.4) is 0 Å². The van der Waals surface area contributed by atoms with Crippen molar-refractivity contribution in [1.29, 1.82) is 0 Å². The fourth-order valence-corrected chi connectivity index (χ4v) is 2.87. The largest absolute Gasteiger partial charge is 0.489 e. The molecule has 0 bridgehead atoms. The predicted molar refractivity (Wildman–Crippen MR) is 82.9 cm³/mol. The van der Waals surface area contributed by atoms with Gasteiger partial charge in [-0.1, -0.05) is 23.2 Å². The lowest BCUT2D eigenvalue weighted by Crippen LogP contribution is -2.26. The maximum absolute atomic E-state index is 6.22. The lowest BCUT2D eigenvalue weighted by Gasteiger charge is -2.17. The summed E-state index contributed by atoms with van der Waals surface area (Å²) in [6.45, 7) is 6.34. The van der Waals surface area contributed by atoms with Crippen molar-refractivity contribution in [2.45, 2.75) is 45.4 Å². The molecule has 1 aliphatic heterocycles. The van der Waals surface area contributed by atoms with E-state index in [9.17, 15) is 0 Å². The normalized spacial score (nSPS) is 18.8. The molecule has 1 saturated heterocycles. The highest BCUT2D eigenvalue weighted by molar-refractivity contribution is 6.35. The lowest BCUT2D eigenvalue weighted by atomic mass is 10.2. The van der Waals surface area contributed by atoms with Crippen molar-refractivity contribution in [2.75, 3.05) is 13.2 Å². The quantitative estimate of drug-likeness (QED) is 0.858. The first kappa shape index (κ1) is 15.9. The van der Waals surface area contributed by atoms with E-state index in [1.165, 1.54) is 0 Å². The number of benzene rings is 1. The molecule has 1 atom stereocenters. The van der Waals surface area contributed by atoms with Crippen molar-refractivity contribution in [3.8, 4) is 5.75 Å². The van der Waals surface area contributed by atoms with E-state index in [-0.39, 0.29) is 6.10 Å². The Morgan fingerprint density at radius 2 is 2.20 bits per heavy atom. The van der Waals surface area contributed by atoms with Crippen LogP contribution in [0.2, 0.25) is 10.0 Å². The van der Waals surface area contributed by atoms with E-state index in [1.54, 1.807) is 6.07 Å². The number of rotatable bonds is 6. The van der Waals surface area contributed by atoms with Crippen LogP contribution in [0.5, 0.6) is 5.75 Å². The van der Waals surface area contributed by atoms with Crippen molar-refractivity contribution >= 4 is 23.2 Å². The molecule has 0 radical (unpaired) electrons. The summed E-state index contributed by atoms with van der Waals surface area (Å²) in [5, 5.41) is 4.57. The van der Waals surface area contributed by atoms with Crippen LogP contribution in [0.4, 0.5) is 0 Å². The predicted octanol–water partition coefficient (Wildman–Crippen LogP) is 4.05. The topological polar surface area (TPSA) is 30.5 Å². The fraction of sp³-hybridized carbons (Fsp3) is 0.600. The third-order valence-electron chi connectivity index (χ3n) is 3.15. The molecule has 20 heavy (non-hydrogen) atoms. The summed E-state index contributed by atoms with van der Waals surface area (Å²) < 4.78 is 11.4. The van der Waals surface area contributed by atoms with E-state index in [1.807, 2.05) is 19.9 Å². The molecule has 1 aromatic carbocycles. The molecule has 1 fully saturated rings. The minimum Gasteiger partial charge on any atom is -0.489 e. The minimum atomic E-state index is 0.0746. The Kier molecular flexibility index (Phi) is 5.97. The summed E-state index contributed by atoms with van der Waals surface area (Å²) in [6.07, 6.45) is 2.67. The molecule has 1 N–H and O–H groups in total. The average molecular weight is 318 g/mol. The van der Waals surface area contributed by atoms with Gasteiger partial charge in [0.2, 0.25) is 0 Å². The van der Waals surface area contributed by atoms with Crippen molar-refractivity contribution in [2.24, 2.45) is 0 Å². The molecule has 112 valence electrons. The molecule has 0 amide bonds. The summed E-state index contributed by atoms with van der Waals surface area (Å²) in [7, 11) is 0. The van der Waals surface area contributed by atoms with Gasteiger partial charge in [-0.05, 0) is 38.8 Å². The van der Waals surface area contributed by atoms with E-state index in [4.69, 9.17) is 32.7 Å². The molecule has 0 aromatic heterocycles. The Bertz CT molecular complexity index is 446. The first-order valence-corrected chi connectivity index (χ1v) is 7.78. The van der Waals surface area contributed by atoms with E-state index in [2.05, 4.69) is 5.32 Å². The van der Waals surface area contributed by atoms with Crippen LogP contribution in [-0.2, 0) is 11.3 Å². The molecule has 1 aromatic rings. The lowest BCUT2D eigenvalue weighted by molar-refractivity contribution is 0.110. The van der Waals surface area contributed by atoms with Crippen molar-refractivity contribution in [3.05, 3.63) is 27.7 Å². The Morgan fingerprint density at radius 1 is 1.40 bits per heavy atom. The number of halogens is 2. The zero-order valence-corrected chi connectivity index (χ0v) is 13.4. The van der Waals surface area contributed by atoms with Crippen LogP contribution < -0.4 is 10.1 Å². The Morgan fingerprint density at radius 3 is 2.85 bits per heavy atom. The molecular weight excluding hydrogens is 297 g/mol. The summed E-state index contributed by atoms with van der Waals surface area (Å²) in [4.78, 5) is 0. The highest BCUT2D eigenvalue weighted by atomic mass is 35.5. The average Bonchev–Trinajstić information content (AvgIpc) is 2.86. The SMILES string of the molecule is CC(C)Oc1c(Cl)cc(Cl)cc1CNCC1CCCO1. The maximum atomic E-state index is 6.22. The second kappa shape index (κ2) is 7.51. The van der Waals surface area contributed by atoms with Crippen molar-refractivity contribution in [3.63, 3.8) is 0 Å². The van der Waals surface area contributed by atoms with E-state index in [0.29, 0.717) is 28.4 Å². The Balaban J connectivity index is 2.00. The Labute approximate surface area is 130 Å². The highest BCUT2D eigenvalue weighted by Gasteiger charge is 2.16. The first-order valence-electron chi connectivity index (χ1n) is 7.03. The van der Waals surface area contributed by atoms with Crippen LogP contribution >= 0.6 is 23.2 Å². The van der Waals surface area contributed by atoms with E-state index < -0.39 is 0 Å². The van der Waals surface area contributed by atoms with Gasteiger partial charge in [0.05, 0.1) is 17.2 Å². The summed E-state index contributed by atoms with van der Waals surface area (Å²) >= 11 is 12.3. The molecule has 0 spiro atoms. The standard InChI is InChI=1S/C15H21Cl2NO2/c1-10(2)20-15-11(6-12(16)7-14(15)17)8-18-9-13-4-3-5-19-13/h6-7,10,13,18H,3-5,8-9H2,1-2H3. The zero-order chi connectivity index (χ0) is 14.5. The Hall–Kier alpha value is -0.480. The third kappa shape index (κ3) is 4.52. The number of nitrogens with one attached hydrogen (secondary N) is 1. The van der Waals surface area contributed by atoms with E-state index in [0.717, 1.165) is 31.6 Å². The second-order valence-corrected chi connectivity index (χ2v) is 6.15. The maximum Gasteiger partial charge on any atom is 0.142 e. The van der Waals surface area contributed by atoms with Crippen molar-refractivity contribution in [1.82, 2.24) is 5.32 Å². The summed E-state index contributed by atoms with van der Waals surface area (Å²) in [6, 6.07) is 3.61. The molecule has 5 heteroatoms. The highest BCUT2D eigenvalue weighted by Crippen LogP contribution is 2.33. The van der Waals surface area contributed by atoms with Gasteiger partial charge in [-0.15, -0.1) is 0 Å². The van der Waals surface area contributed by atoms with Crippen LogP contribution in [0.1, 0.15) is 32.3 Å². The first-order chi connectivity index (χ1) is 9.56. The van der Waals surface area contributed by atoms with Gasteiger partial charge < -0.3 is 14.8 Å². The number of hydrogen-bond donors (Lipinski definition) is 1. The van der Waals surface area contributed by atoms with Gasteiger partial charge in [0, 0.05) is 30.3 Å². The molecule has 1 aliphatic rings. The molecule has 1 unspecified atom stereocenters. The zero-order valence-electron chi connectivity index (χ0n) is 11.9. The van der Waals surface area contributed by atoms with Gasteiger partial charge in [-0.2, -0.15) is 0 Å². The second-order valence-electron chi connectivity index (χ2n) is 5.31. The van der Waals surface area contributed by atoms with Gasteiger partial charge in [0.15, 0.2) is 0 Å². The number of hydrogen-bond acceptors (Lipinski definition) is 3. The molecule has 0 saturated carbocycles. The van der Waals surface area contributed by atoms with Crippen molar-refractivity contribution < 1.29 is 9.47 Å². The molecule has 3 nitrogen and oxygen atoms in total. The van der Waals surface area contributed by atoms with E-state index >= 15 is 0 Å². The monoisotopic (exact) mass is 317 g/mol. The van der Waals surface area contributed by atoms with Crippen LogP contribution in [0.25, 0.3) is 0 Å². The van der Waals surface area contributed by atoms with Crippen LogP contribution in [0, 0.1) is 0 Å². The summed E-state index contributed by atoms with van der Waals surface area (Å²) in [5.74, 6) is 0.714. The van der Waals surface area contributed by atoms with Gasteiger partial charge in [-0.3, -0.25) is 0 Å². The minimum absolute atomic E-state index is 0.0746. The molecule has 0 aliphatic carbocycles. The molecule has 2 rings (SSSR count). The molecule has 1 heterocycles. The third-order valence-corrected chi connectivity index (χ3v) is 3.65. The van der Waals surface area contributed by atoms with Crippen LogP contribution in [0.15, 0.2) is 12.1 Å². The van der Waals surface area contributed by atoms with Gasteiger partial charge in [0.1, 0.15) is 5.75 Å². The van der Waals surface area contributed by atoms with Crippen LogP contribution in [-0.4, -0.2) is 25.4 Å². The summed E-state index contributed by atoms with van der Waals surface area (Å²) in [5.41, 5.74) is 0.981. The van der Waals surface area contributed by atoms with Gasteiger partial charge in [0.25, 0.3) is 0 Å². The fourth-order valence-electron chi connectivity index (χ4n) is 2.29.